The molecular weight excluding hydrogens is 448 g/mol. The Labute approximate surface area is 208 Å². The second kappa shape index (κ2) is 12.1. The predicted octanol–water partition coefficient (Wildman–Crippen LogP) is 2.92. The van der Waals surface area contributed by atoms with Crippen LogP contribution in [0.15, 0.2) is 18.2 Å². The van der Waals surface area contributed by atoms with E-state index in [0.29, 0.717) is 24.5 Å². The Morgan fingerprint density at radius 3 is 2.26 bits per heavy atom. The molecule has 194 valence electrons. The van der Waals surface area contributed by atoms with E-state index < -0.39 is 12.1 Å². The van der Waals surface area contributed by atoms with Crippen LogP contribution in [-0.2, 0) is 16.1 Å². The van der Waals surface area contributed by atoms with E-state index in [0.717, 1.165) is 31.2 Å². The second-order valence-electron chi connectivity index (χ2n) is 9.95. The van der Waals surface area contributed by atoms with E-state index in [2.05, 4.69) is 10.6 Å². The number of hydrogen-bond acceptors (Lipinski definition) is 5. The Balaban J connectivity index is 1.91. The van der Waals surface area contributed by atoms with Crippen molar-refractivity contribution in [2.75, 3.05) is 27.8 Å². The molecule has 9 nitrogen and oxygen atoms in total. The molecule has 4 amide bonds. The van der Waals surface area contributed by atoms with Gasteiger partial charge < -0.3 is 29.9 Å². The van der Waals surface area contributed by atoms with E-state index in [-0.39, 0.29) is 42.8 Å². The van der Waals surface area contributed by atoms with E-state index in [1.807, 2.05) is 26.0 Å². The highest BCUT2D eigenvalue weighted by Gasteiger charge is 2.44. The number of methoxy groups -OCH3 is 2. The maximum Gasteiger partial charge on any atom is 0.318 e. The minimum atomic E-state index is -0.632. The van der Waals surface area contributed by atoms with E-state index in [4.69, 9.17) is 9.47 Å². The molecule has 2 atom stereocenters. The highest BCUT2D eigenvalue weighted by Crippen LogP contribution is 2.29. The molecule has 0 spiro atoms. The molecule has 2 N–H and O–H groups in total. The lowest BCUT2D eigenvalue weighted by molar-refractivity contribution is -0.145. The first-order valence-electron chi connectivity index (χ1n) is 12.6. The van der Waals surface area contributed by atoms with Crippen molar-refractivity contribution in [3.63, 3.8) is 0 Å². The fourth-order valence-electron chi connectivity index (χ4n) is 5.10. The van der Waals surface area contributed by atoms with Gasteiger partial charge in [-0.1, -0.05) is 26.7 Å². The highest BCUT2D eigenvalue weighted by atomic mass is 16.5. The summed E-state index contributed by atoms with van der Waals surface area (Å²) in [5.41, 5.74) is 0.861. The minimum absolute atomic E-state index is 0.102. The van der Waals surface area contributed by atoms with Crippen LogP contribution in [0.1, 0.15) is 57.9 Å². The van der Waals surface area contributed by atoms with Gasteiger partial charge in [-0.25, -0.2) is 4.79 Å². The van der Waals surface area contributed by atoms with Gasteiger partial charge in [-0.2, -0.15) is 0 Å². The number of carbonyl (C=O) groups is 3. The summed E-state index contributed by atoms with van der Waals surface area (Å²) >= 11 is 0. The molecule has 0 bridgehead atoms. The number of piperazine rings is 1. The zero-order valence-electron chi connectivity index (χ0n) is 21.6. The average molecular weight is 489 g/mol. The fraction of sp³-hybridized carbons (Fsp3) is 0.654. The Bertz CT molecular complexity index is 877. The smallest absolute Gasteiger partial charge is 0.318 e. The van der Waals surface area contributed by atoms with Gasteiger partial charge in [0.25, 0.3) is 0 Å². The second-order valence-corrected chi connectivity index (χ2v) is 9.95. The average Bonchev–Trinajstić information content (AvgIpc) is 3.34. The summed E-state index contributed by atoms with van der Waals surface area (Å²) in [7, 11) is 4.76. The SMILES string of the molecule is CNC(=O)C[C@@H]1CN(Cc2cc(OC)cc(OC)c2)C(=O)[C@@H](CC(C)C)N1C(=O)NC1CCCC1. The van der Waals surface area contributed by atoms with Gasteiger partial charge in [0.15, 0.2) is 0 Å². The zero-order valence-corrected chi connectivity index (χ0v) is 21.6. The summed E-state index contributed by atoms with van der Waals surface area (Å²) in [6.45, 7) is 4.70. The number of nitrogens with one attached hydrogen (secondary N) is 2. The summed E-state index contributed by atoms with van der Waals surface area (Å²) in [6.07, 6.45) is 4.75. The Hall–Kier alpha value is -2.97. The van der Waals surface area contributed by atoms with E-state index in [1.54, 1.807) is 37.1 Å². The summed E-state index contributed by atoms with van der Waals surface area (Å²) in [5.74, 6) is 1.22. The molecule has 1 aliphatic heterocycles. The van der Waals surface area contributed by atoms with Gasteiger partial charge >= 0.3 is 6.03 Å². The summed E-state index contributed by atoms with van der Waals surface area (Å²) in [4.78, 5) is 43.1. The van der Waals surface area contributed by atoms with Gasteiger partial charge in [0.05, 0.1) is 20.3 Å². The molecule has 9 heteroatoms. The van der Waals surface area contributed by atoms with Crippen molar-refractivity contribution < 1.29 is 23.9 Å². The summed E-state index contributed by atoms with van der Waals surface area (Å²) in [5, 5.41) is 5.81. The van der Waals surface area contributed by atoms with E-state index >= 15 is 0 Å². The van der Waals surface area contributed by atoms with Gasteiger partial charge in [-0.05, 0) is 42.9 Å². The molecule has 1 saturated carbocycles. The molecule has 0 aromatic heterocycles. The van der Waals surface area contributed by atoms with Gasteiger partial charge in [0, 0.05) is 38.7 Å². The molecule has 1 heterocycles. The molecule has 3 rings (SSSR count). The van der Waals surface area contributed by atoms with Gasteiger partial charge in [0.1, 0.15) is 17.5 Å². The van der Waals surface area contributed by atoms with Crippen molar-refractivity contribution in [3.05, 3.63) is 23.8 Å². The van der Waals surface area contributed by atoms with Crippen LogP contribution >= 0.6 is 0 Å². The number of nitrogens with zero attached hydrogens (tertiary/aromatic N) is 2. The van der Waals surface area contributed by atoms with Gasteiger partial charge in [0.2, 0.25) is 11.8 Å². The van der Waals surface area contributed by atoms with Crippen LogP contribution in [0, 0.1) is 5.92 Å². The third-order valence-corrected chi connectivity index (χ3v) is 6.85. The number of rotatable bonds is 9. The summed E-state index contributed by atoms with van der Waals surface area (Å²) < 4.78 is 10.8. The zero-order chi connectivity index (χ0) is 25.5. The van der Waals surface area contributed by atoms with Crippen molar-refractivity contribution in [1.29, 1.82) is 0 Å². The lowest BCUT2D eigenvalue weighted by Gasteiger charge is -2.46. The molecule has 0 unspecified atom stereocenters. The van der Waals surface area contributed by atoms with E-state index in [1.165, 1.54) is 0 Å². The fourth-order valence-corrected chi connectivity index (χ4v) is 5.10. The van der Waals surface area contributed by atoms with Crippen molar-refractivity contribution >= 4 is 17.8 Å². The molecule has 0 radical (unpaired) electrons. The third-order valence-electron chi connectivity index (χ3n) is 6.85. The lowest BCUT2D eigenvalue weighted by Crippen LogP contribution is -2.66. The number of carbonyl (C=O) groups excluding carboxylic acids is 3. The molecule has 1 aliphatic carbocycles. The van der Waals surface area contributed by atoms with Crippen LogP contribution < -0.4 is 20.1 Å². The number of urea groups is 1. The Morgan fingerprint density at radius 1 is 1.09 bits per heavy atom. The van der Waals surface area contributed by atoms with Gasteiger partial charge in [-0.3, -0.25) is 9.59 Å². The largest absolute Gasteiger partial charge is 0.497 e. The first-order valence-corrected chi connectivity index (χ1v) is 12.6. The highest BCUT2D eigenvalue weighted by molar-refractivity contribution is 5.89. The molecule has 2 fully saturated rings. The predicted molar refractivity (Wildman–Crippen MR) is 133 cm³/mol. The van der Waals surface area contributed by atoms with Crippen molar-refractivity contribution in [2.45, 2.75) is 77.0 Å². The Morgan fingerprint density at radius 2 is 1.71 bits per heavy atom. The van der Waals surface area contributed by atoms with E-state index in [9.17, 15) is 14.4 Å². The normalized spacial score (nSPS) is 20.8. The molecule has 1 aromatic carbocycles. The lowest BCUT2D eigenvalue weighted by atomic mass is 9.94. The van der Waals surface area contributed by atoms with Crippen LogP contribution in [0.2, 0.25) is 0 Å². The number of ether oxygens (including phenoxy) is 2. The number of benzene rings is 1. The van der Waals surface area contributed by atoms with Crippen molar-refractivity contribution in [3.8, 4) is 11.5 Å². The molecule has 1 saturated heterocycles. The topological polar surface area (TPSA) is 100 Å². The molecule has 1 aromatic rings. The quantitative estimate of drug-likeness (QED) is 0.557. The molecule has 2 aliphatic rings. The van der Waals surface area contributed by atoms with Gasteiger partial charge in [-0.15, -0.1) is 0 Å². The number of hydrogen-bond donors (Lipinski definition) is 2. The minimum Gasteiger partial charge on any atom is -0.497 e. The van der Waals surface area contributed by atoms with Crippen molar-refractivity contribution in [1.82, 2.24) is 20.4 Å². The van der Waals surface area contributed by atoms with Crippen molar-refractivity contribution in [2.24, 2.45) is 5.92 Å². The molecule has 35 heavy (non-hydrogen) atoms. The molecular formula is C26H40N4O5. The monoisotopic (exact) mass is 488 g/mol. The Kier molecular flexibility index (Phi) is 9.23. The van der Waals surface area contributed by atoms with Crippen LogP contribution in [-0.4, -0.2) is 73.6 Å². The van der Waals surface area contributed by atoms with Crippen LogP contribution in [0.25, 0.3) is 0 Å². The first kappa shape index (κ1) is 26.6. The standard InChI is InChI=1S/C26H40N4O5/c1-17(2)10-23-25(32)29(15-18-11-21(34-4)14-22(12-18)35-5)16-20(13-24(31)27-3)30(23)26(33)28-19-8-6-7-9-19/h11-12,14,17,19-20,23H,6-10,13,15-16H2,1-5H3,(H,27,31)(H,28,33)/t20-,23-/m1/s1. The summed E-state index contributed by atoms with van der Waals surface area (Å²) in [6, 6.07) is 4.36. The van der Waals surface area contributed by atoms with Crippen LogP contribution in [0.4, 0.5) is 4.79 Å². The third kappa shape index (κ3) is 6.80. The van der Waals surface area contributed by atoms with Crippen LogP contribution in [0.5, 0.6) is 11.5 Å². The van der Waals surface area contributed by atoms with Crippen LogP contribution in [0.3, 0.4) is 0 Å². The first-order chi connectivity index (χ1) is 16.7. The maximum atomic E-state index is 13.8. The maximum absolute atomic E-state index is 13.8. The number of amides is 4.